The van der Waals surface area contributed by atoms with Crippen molar-refractivity contribution in [3.8, 4) is 0 Å². The lowest BCUT2D eigenvalue weighted by Crippen LogP contribution is -2.13. The predicted molar refractivity (Wildman–Crippen MR) is 82.4 cm³/mol. The van der Waals surface area contributed by atoms with Crippen molar-refractivity contribution in [3.63, 3.8) is 0 Å². The Labute approximate surface area is 125 Å². The molecule has 0 radical (unpaired) electrons. The number of aromatic amines is 1. The Kier molecular flexibility index (Phi) is 3.39. The van der Waals surface area contributed by atoms with Crippen molar-refractivity contribution >= 4 is 34.1 Å². The number of aromatic nitrogens is 1. The van der Waals surface area contributed by atoms with Crippen LogP contribution in [0.4, 0.5) is 10.1 Å². The van der Waals surface area contributed by atoms with Crippen LogP contribution in [0, 0.1) is 12.7 Å². The van der Waals surface area contributed by atoms with Crippen LogP contribution >= 0.6 is 11.6 Å². The molecule has 0 unspecified atom stereocenters. The molecule has 0 fully saturated rings. The van der Waals surface area contributed by atoms with Gasteiger partial charge in [-0.25, -0.2) is 4.39 Å². The van der Waals surface area contributed by atoms with Gasteiger partial charge in [0, 0.05) is 21.6 Å². The molecule has 0 aliphatic carbocycles. The highest BCUT2D eigenvalue weighted by Gasteiger charge is 2.12. The van der Waals surface area contributed by atoms with Crippen LogP contribution in [0.2, 0.25) is 5.02 Å². The fourth-order valence-electron chi connectivity index (χ4n) is 2.16. The predicted octanol–water partition coefficient (Wildman–Crippen LogP) is 4.52. The summed E-state index contributed by atoms with van der Waals surface area (Å²) in [4.78, 5) is 15.2. The van der Waals surface area contributed by atoms with E-state index in [9.17, 15) is 9.18 Å². The number of rotatable bonds is 2. The Bertz CT molecular complexity index is 841. The normalized spacial score (nSPS) is 10.8. The minimum Gasteiger partial charge on any atom is -0.351 e. The third-order valence-electron chi connectivity index (χ3n) is 3.34. The first-order chi connectivity index (χ1) is 10.0. The number of amides is 1. The zero-order chi connectivity index (χ0) is 15.0. The summed E-state index contributed by atoms with van der Waals surface area (Å²) in [6, 6.07) is 11.3. The molecule has 2 aromatic carbocycles. The smallest absolute Gasteiger partial charge is 0.272 e. The molecule has 106 valence electrons. The fraction of sp³-hybridized carbons (Fsp3) is 0.0625. The second-order valence-corrected chi connectivity index (χ2v) is 5.19. The largest absolute Gasteiger partial charge is 0.351 e. The third-order valence-corrected chi connectivity index (χ3v) is 3.75. The Morgan fingerprint density at radius 3 is 2.86 bits per heavy atom. The van der Waals surface area contributed by atoms with Crippen LogP contribution in [-0.4, -0.2) is 10.9 Å². The van der Waals surface area contributed by atoms with Crippen molar-refractivity contribution in [2.45, 2.75) is 6.92 Å². The molecule has 1 amide bonds. The van der Waals surface area contributed by atoms with Gasteiger partial charge in [-0.15, -0.1) is 0 Å². The van der Waals surface area contributed by atoms with Crippen LogP contribution in [0.25, 0.3) is 10.9 Å². The molecule has 0 bridgehead atoms. The lowest BCUT2D eigenvalue weighted by atomic mass is 10.2. The molecule has 21 heavy (non-hydrogen) atoms. The van der Waals surface area contributed by atoms with E-state index in [0.29, 0.717) is 27.3 Å². The summed E-state index contributed by atoms with van der Waals surface area (Å²) in [5.74, 6) is -0.629. The minimum atomic E-state index is -0.334. The van der Waals surface area contributed by atoms with Crippen molar-refractivity contribution in [3.05, 3.63) is 64.6 Å². The van der Waals surface area contributed by atoms with E-state index in [1.165, 1.54) is 12.1 Å². The maximum absolute atomic E-state index is 13.2. The maximum atomic E-state index is 13.2. The van der Waals surface area contributed by atoms with Crippen molar-refractivity contribution in [2.24, 2.45) is 0 Å². The van der Waals surface area contributed by atoms with Gasteiger partial charge in [0.05, 0.1) is 0 Å². The van der Waals surface area contributed by atoms with E-state index in [0.717, 1.165) is 5.56 Å². The number of carbonyl (C=O) groups excluding carboxylic acids is 1. The van der Waals surface area contributed by atoms with Gasteiger partial charge in [0.1, 0.15) is 11.5 Å². The van der Waals surface area contributed by atoms with Gasteiger partial charge >= 0.3 is 0 Å². The van der Waals surface area contributed by atoms with Crippen LogP contribution in [-0.2, 0) is 0 Å². The Hall–Kier alpha value is -2.33. The molecular formula is C16H12ClFN2O. The molecule has 3 aromatic rings. The van der Waals surface area contributed by atoms with Crippen LogP contribution in [0.15, 0.2) is 42.5 Å². The molecule has 0 atom stereocenters. The van der Waals surface area contributed by atoms with E-state index in [1.807, 2.05) is 6.92 Å². The minimum absolute atomic E-state index is 0.294. The highest BCUT2D eigenvalue weighted by molar-refractivity contribution is 6.31. The highest BCUT2D eigenvalue weighted by Crippen LogP contribution is 2.24. The molecule has 0 spiro atoms. The quantitative estimate of drug-likeness (QED) is 0.718. The highest BCUT2D eigenvalue weighted by atomic mass is 35.5. The number of fused-ring (bicyclic) bond motifs is 1. The summed E-state index contributed by atoms with van der Waals surface area (Å²) < 4.78 is 13.2. The van der Waals surface area contributed by atoms with Gasteiger partial charge in [-0.3, -0.25) is 4.79 Å². The second-order valence-electron chi connectivity index (χ2n) is 4.78. The van der Waals surface area contributed by atoms with Gasteiger partial charge in [0.15, 0.2) is 0 Å². The zero-order valence-electron chi connectivity index (χ0n) is 11.2. The van der Waals surface area contributed by atoms with E-state index in [1.54, 1.807) is 30.3 Å². The van der Waals surface area contributed by atoms with E-state index in [2.05, 4.69) is 10.3 Å². The van der Waals surface area contributed by atoms with Gasteiger partial charge in [0.25, 0.3) is 5.91 Å². The van der Waals surface area contributed by atoms with E-state index in [-0.39, 0.29) is 11.7 Å². The lowest BCUT2D eigenvalue weighted by Gasteiger charge is -2.08. The summed E-state index contributed by atoms with van der Waals surface area (Å²) in [5.41, 5.74) is 2.53. The van der Waals surface area contributed by atoms with Gasteiger partial charge in [-0.2, -0.15) is 0 Å². The molecule has 0 saturated heterocycles. The first kappa shape index (κ1) is 13.6. The Morgan fingerprint density at radius 1 is 1.24 bits per heavy atom. The summed E-state index contributed by atoms with van der Waals surface area (Å²) in [7, 11) is 0. The Balaban J connectivity index is 1.91. The average molecular weight is 303 g/mol. The number of nitrogens with one attached hydrogen (secondary N) is 2. The average Bonchev–Trinajstić information content (AvgIpc) is 2.87. The first-order valence-corrected chi connectivity index (χ1v) is 6.77. The van der Waals surface area contributed by atoms with Crippen LogP contribution in [0.5, 0.6) is 0 Å². The third kappa shape index (κ3) is 2.62. The van der Waals surface area contributed by atoms with Gasteiger partial charge in [-0.1, -0.05) is 17.7 Å². The van der Waals surface area contributed by atoms with Crippen LogP contribution in [0.3, 0.4) is 0 Å². The van der Waals surface area contributed by atoms with Crippen molar-refractivity contribution < 1.29 is 9.18 Å². The first-order valence-electron chi connectivity index (χ1n) is 6.39. The molecule has 5 heteroatoms. The molecule has 2 N–H and O–H groups in total. The molecule has 0 aliphatic heterocycles. The molecule has 3 nitrogen and oxygen atoms in total. The molecule has 3 rings (SSSR count). The van der Waals surface area contributed by atoms with Gasteiger partial charge in [-0.05, 0) is 48.9 Å². The number of hydrogen-bond acceptors (Lipinski definition) is 1. The summed E-state index contributed by atoms with van der Waals surface area (Å²) in [6.07, 6.45) is 0. The molecule has 0 saturated carbocycles. The van der Waals surface area contributed by atoms with Crippen molar-refractivity contribution in [1.29, 1.82) is 0 Å². The Morgan fingerprint density at radius 2 is 2.05 bits per heavy atom. The topological polar surface area (TPSA) is 44.9 Å². The van der Waals surface area contributed by atoms with Crippen LogP contribution < -0.4 is 5.32 Å². The maximum Gasteiger partial charge on any atom is 0.272 e. The molecular weight excluding hydrogens is 291 g/mol. The standard InChI is InChI=1S/C16H12ClFN2O/c1-9-12(17)3-2-4-13(9)20-16(21)15-8-10-7-11(18)5-6-14(10)19-15/h2-8,19H,1H3,(H,20,21). The number of anilines is 1. The fourth-order valence-corrected chi connectivity index (χ4v) is 2.33. The summed E-state index contributed by atoms with van der Waals surface area (Å²) in [6.45, 7) is 1.83. The van der Waals surface area contributed by atoms with E-state index >= 15 is 0 Å². The summed E-state index contributed by atoms with van der Waals surface area (Å²) >= 11 is 6.02. The number of halogens is 2. The molecule has 0 aliphatic rings. The zero-order valence-corrected chi connectivity index (χ0v) is 12.0. The number of benzene rings is 2. The van der Waals surface area contributed by atoms with Crippen molar-refractivity contribution in [2.75, 3.05) is 5.32 Å². The molecule has 1 heterocycles. The number of hydrogen-bond donors (Lipinski definition) is 2. The SMILES string of the molecule is Cc1c(Cl)cccc1NC(=O)c1cc2cc(F)ccc2[nH]1. The second kappa shape index (κ2) is 5.22. The number of carbonyl (C=O) groups is 1. The van der Waals surface area contributed by atoms with Crippen LogP contribution in [0.1, 0.15) is 16.1 Å². The monoisotopic (exact) mass is 302 g/mol. The van der Waals surface area contributed by atoms with Gasteiger partial charge in [0.2, 0.25) is 0 Å². The van der Waals surface area contributed by atoms with Gasteiger partial charge < -0.3 is 10.3 Å². The van der Waals surface area contributed by atoms with Crippen molar-refractivity contribution in [1.82, 2.24) is 4.98 Å². The van der Waals surface area contributed by atoms with E-state index in [4.69, 9.17) is 11.6 Å². The van der Waals surface area contributed by atoms with E-state index < -0.39 is 0 Å². The number of H-pyrrole nitrogens is 1. The lowest BCUT2D eigenvalue weighted by molar-refractivity contribution is 0.102. The molecule has 1 aromatic heterocycles. The summed E-state index contributed by atoms with van der Waals surface area (Å²) in [5, 5.41) is 4.04.